The van der Waals surface area contributed by atoms with E-state index in [0.717, 1.165) is 42.0 Å². The zero-order chi connectivity index (χ0) is 10.8. The molecule has 1 fully saturated rings. The largest absolute Gasteiger partial charge is 0.463 e. The van der Waals surface area contributed by atoms with E-state index in [9.17, 15) is 0 Å². The first-order valence-electron chi connectivity index (χ1n) is 5.31. The van der Waals surface area contributed by atoms with Gasteiger partial charge in [-0.05, 0) is 41.8 Å². The maximum atomic E-state index is 5.79. The van der Waals surface area contributed by atoms with E-state index in [1.807, 2.05) is 13.0 Å². The summed E-state index contributed by atoms with van der Waals surface area (Å²) in [5, 5.41) is 0. The van der Waals surface area contributed by atoms with Crippen LogP contribution < -0.4 is 5.73 Å². The molecule has 0 amide bonds. The van der Waals surface area contributed by atoms with Crippen LogP contribution in [0.5, 0.6) is 0 Å². The van der Waals surface area contributed by atoms with Crippen molar-refractivity contribution in [3.8, 4) is 0 Å². The van der Waals surface area contributed by atoms with E-state index in [-0.39, 0.29) is 6.04 Å². The van der Waals surface area contributed by atoms with Crippen molar-refractivity contribution >= 4 is 15.9 Å². The second-order valence-corrected chi connectivity index (χ2v) is 4.89. The Hall–Kier alpha value is -0.320. The first-order valence-corrected chi connectivity index (χ1v) is 6.10. The lowest BCUT2D eigenvalue weighted by atomic mass is 9.98. The van der Waals surface area contributed by atoms with Gasteiger partial charge in [0.05, 0.1) is 10.5 Å². The van der Waals surface area contributed by atoms with Crippen molar-refractivity contribution in [1.82, 2.24) is 0 Å². The van der Waals surface area contributed by atoms with Crippen LogP contribution in [0.4, 0.5) is 0 Å². The van der Waals surface area contributed by atoms with Crippen molar-refractivity contribution in [2.45, 2.75) is 31.7 Å². The third kappa shape index (κ3) is 2.44. The fraction of sp³-hybridized carbons (Fsp3) is 0.636. The highest BCUT2D eigenvalue weighted by Crippen LogP contribution is 2.35. The van der Waals surface area contributed by atoms with Crippen molar-refractivity contribution in [3.05, 3.63) is 22.1 Å². The minimum Gasteiger partial charge on any atom is -0.463 e. The molecule has 0 spiro atoms. The molecule has 2 rings (SSSR count). The van der Waals surface area contributed by atoms with Gasteiger partial charge in [0.2, 0.25) is 0 Å². The van der Waals surface area contributed by atoms with Gasteiger partial charge in [-0.2, -0.15) is 0 Å². The quantitative estimate of drug-likeness (QED) is 0.902. The van der Waals surface area contributed by atoms with Crippen LogP contribution in [-0.4, -0.2) is 13.2 Å². The van der Waals surface area contributed by atoms with Crippen LogP contribution in [-0.2, 0) is 4.74 Å². The Morgan fingerprint density at radius 2 is 2.13 bits per heavy atom. The summed E-state index contributed by atoms with van der Waals surface area (Å²) in [7, 11) is 0. The fourth-order valence-corrected chi connectivity index (χ4v) is 2.49. The van der Waals surface area contributed by atoms with Crippen molar-refractivity contribution in [2.75, 3.05) is 13.2 Å². The normalized spacial score (nSPS) is 20.5. The van der Waals surface area contributed by atoms with Crippen LogP contribution in [0.1, 0.15) is 43.2 Å². The van der Waals surface area contributed by atoms with Gasteiger partial charge in [0.25, 0.3) is 0 Å². The SMILES string of the molecule is CC(N)c1cc(Br)c(C2CCOCC2)o1. The summed E-state index contributed by atoms with van der Waals surface area (Å²) in [6.07, 6.45) is 2.06. The van der Waals surface area contributed by atoms with E-state index in [1.54, 1.807) is 0 Å². The summed E-state index contributed by atoms with van der Waals surface area (Å²) in [5.41, 5.74) is 5.79. The second-order valence-electron chi connectivity index (χ2n) is 4.04. The summed E-state index contributed by atoms with van der Waals surface area (Å²) in [6, 6.07) is 1.94. The maximum Gasteiger partial charge on any atom is 0.121 e. The molecule has 15 heavy (non-hydrogen) atoms. The van der Waals surface area contributed by atoms with E-state index < -0.39 is 0 Å². The number of hydrogen-bond donors (Lipinski definition) is 1. The van der Waals surface area contributed by atoms with Crippen molar-refractivity contribution in [3.63, 3.8) is 0 Å². The monoisotopic (exact) mass is 273 g/mol. The Balaban J connectivity index is 2.19. The van der Waals surface area contributed by atoms with Crippen LogP contribution in [0.15, 0.2) is 15.0 Å². The number of rotatable bonds is 2. The Labute approximate surface area is 98.1 Å². The molecule has 0 bridgehead atoms. The predicted molar refractivity (Wildman–Crippen MR) is 61.8 cm³/mol. The van der Waals surface area contributed by atoms with Crippen LogP contribution in [0.3, 0.4) is 0 Å². The van der Waals surface area contributed by atoms with E-state index in [1.165, 1.54) is 0 Å². The third-order valence-corrected chi connectivity index (χ3v) is 3.39. The number of hydrogen-bond acceptors (Lipinski definition) is 3. The highest BCUT2D eigenvalue weighted by molar-refractivity contribution is 9.10. The van der Waals surface area contributed by atoms with Gasteiger partial charge in [0.1, 0.15) is 11.5 Å². The average Bonchev–Trinajstić information content (AvgIpc) is 2.62. The van der Waals surface area contributed by atoms with Gasteiger partial charge in [0.15, 0.2) is 0 Å². The molecule has 1 aromatic heterocycles. The molecule has 0 saturated carbocycles. The van der Waals surface area contributed by atoms with Gasteiger partial charge in [0, 0.05) is 19.1 Å². The molecule has 1 aromatic rings. The first-order chi connectivity index (χ1) is 7.18. The van der Waals surface area contributed by atoms with Gasteiger partial charge in [-0.25, -0.2) is 0 Å². The lowest BCUT2D eigenvalue weighted by Crippen LogP contribution is -2.13. The highest BCUT2D eigenvalue weighted by Gasteiger charge is 2.23. The fourth-order valence-electron chi connectivity index (χ4n) is 1.86. The Morgan fingerprint density at radius 3 is 2.67 bits per heavy atom. The Morgan fingerprint density at radius 1 is 1.47 bits per heavy atom. The zero-order valence-corrected chi connectivity index (χ0v) is 10.4. The first kappa shape index (κ1) is 11.2. The molecule has 2 N–H and O–H groups in total. The lowest BCUT2D eigenvalue weighted by molar-refractivity contribution is 0.0801. The molecule has 3 nitrogen and oxygen atoms in total. The van der Waals surface area contributed by atoms with E-state index in [0.29, 0.717) is 5.92 Å². The van der Waals surface area contributed by atoms with E-state index >= 15 is 0 Å². The van der Waals surface area contributed by atoms with E-state index in [2.05, 4.69) is 15.9 Å². The molecule has 4 heteroatoms. The van der Waals surface area contributed by atoms with Crippen molar-refractivity contribution < 1.29 is 9.15 Å². The summed E-state index contributed by atoms with van der Waals surface area (Å²) >= 11 is 3.53. The molecule has 2 heterocycles. The lowest BCUT2D eigenvalue weighted by Gasteiger charge is -2.20. The minimum absolute atomic E-state index is 0.0464. The van der Waals surface area contributed by atoms with Crippen LogP contribution in [0.2, 0.25) is 0 Å². The number of halogens is 1. The summed E-state index contributed by atoms with van der Waals surface area (Å²) in [4.78, 5) is 0. The predicted octanol–water partition coefficient (Wildman–Crippen LogP) is 2.96. The molecular weight excluding hydrogens is 258 g/mol. The number of furan rings is 1. The van der Waals surface area contributed by atoms with Crippen molar-refractivity contribution in [1.29, 1.82) is 0 Å². The molecule has 1 aliphatic rings. The van der Waals surface area contributed by atoms with Crippen LogP contribution in [0.25, 0.3) is 0 Å². The highest BCUT2D eigenvalue weighted by atomic mass is 79.9. The molecule has 0 aliphatic carbocycles. The van der Waals surface area contributed by atoms with E-state index in [4.69, 9.17) is 14.9 Å². The van der Waals surface area contributed by atoms with Gasteiger partial charge < -0.3 is 14.9 Å². The van der Waals surface area contributed by atoms with Gasteiger partial charge in [-0.1, -0.05) is 0 Å². The summed E-state index contributed by atoms with van der Waals surface area (Å²) in [6.45, 7) is 3.58. The zero-order valence-electron chi connectivity index (χ0n) is 8.83. The Bertz CT molecular complexity index is 329. The molecule has 0 aromatic carbocycles. The standard InChI is InChI=1S/C11H16BrNO2/c1-7(13)10-6-9(12)11(15-10)8-2-4-14-5-3-8/h6-8H,2-5,13H2,1H3. The average molecular weight is 274 g/mol. The number of ether oxygens (including phenoxy) is 1. The smallest absolute Gasteiger partial charge is 0.121 e. The molecule has 0 radical (unpaired) electrons. The molecule has 1 unspecified atom stereocenters. The summed E-state index contributed by atoms with van der Waals surface area (Å²) in [5.74, 6) is 2.36. The third-order valence-electron chi connectivity index (χ3n) is 2.77. The Kier molecular flexibility index (Phi) is 3.49. The van der Waals surface area contributed by atoms with Gasteiger partial charge in [-0.3, -0.25) is 0 Å². The van der Waals surface area contributed by atoms with Gasteiger partial charge >= 0.3 is 0 Å². The van der Waals surface area contributed by atoms with Crippen LogP contribution >= 0.6 is 15.9 Å². The van der Waals surface area contributed by atoms with Crippen molar-refractivity contribution in [2.24, 2.45) is 5.73 Å². The number of nitrogens with two attached hydrogens (primary N) is 1. The molecule has 1 atom stereocenters. The molecule has 1 aliphatic heterocycles. The topological polar surface area (TPSA) is 48.4 Å². The van der Waals surface area contributed by atoms with Gasteiger partial charge in [-0.15, -0.1) is 0 Å². The summed E-state index contributed by atoms with van der Waals surface area (Å²) < 4.78 is 12.2. The molecule has 84 valence electrons. The molecule has 1 saturated heterocycles. The van der Waals surface area contributed by atoms with Crippen LogP contribution in [0, 0.1) is 0 Å². The maximum absolute atomic E-state index is 5.79. The molecular formula is C11H16BrNO2. The minimum atomic E-state index is -0.0464. The second kappa shape index (κ2) is 4.68.